The molecule has 1 aromatic rings. The van der Waals surface area contributed by atoms with Gasteiger partial charge in [-0.05, 0) is 20.8 Å². The van der Waals surface area contributed by atoms with Crippen molar-refractivity contribution in [3.63, 3.8) is 0 Å². The van der Waals surface area contributed by atoms with Gasteiger partial charge in [0.2, 0.25) is 15.9 Å². The second-order valence-electron chi connectivity index (χ2n) is 4.77. The number of rotatable bonds is 7. The van der Waals surface area contributed by atoms with Crippen LogP contribution >= 0.6 is 12.4 Å². The summed E-state index contributed by atoms with van der Waals surface area (Å²) >= 11 is 0. The number of nitrogens with two attached hydrogens (primary N) is 1. The predicted octanol–water partition coefficient (Wildman–Crippen LogP) is 0.0902. The smallest absolute Gasteiger partial charge is 0.277 e. The van der Waals surface area contributed by atoms with Crippen molar-refractivity contribution in [1.82, 2.24) is 15.2 Å². The lowest BCUT2D eigenvalue weighted by molar-refractivity contribution is -0.124. The molecule has 0 fully saturated rings. The molecule has 1 rings (SSSR count). The van der Waals surface area contributed by atoms with E-state index in [-0.39, 0.29) is 28.8 Å². The molecule has 1 atom stereocenters. The fraction of sp³-hybridized carbons (Fsp3) is 0.636. The first-order valence-electron chi connectivity index (χ1n) is 6.31. The van der Waals surface area contributed by atoms with E-state index in [1.165, 1.54) is 20.8 Å². The van der Waals surface area contributed by atoms with Crippen molar-refractivity contribution in [2.24, 2.45) is 5.73 Å². The summed E-state index contributed by atoms with van der Waals surface area (Å²) in [6.07, 6.45) is 0. The minimum Gasteiger partial charge on any atom is -0.360 e. The number of sulfonamides is 1. The largest absolute Gasteiger partial charge is 0.360 e. The third-order valence-electron chi connectivity index (χ3n) is 2.78. The Balaban J connectivity index is 0.00000484. The average Bonchev–Trinajstić information content (AvgIpc) is 2.75. The van der Waals surface area contributed by atoms with E-state index in [4.69, 9.17) is 10.3 Å². The molecule has 0 bridgehead atoms. The molecule has 0 spiro atoms. The van der Waals surface area contributed by atoms with Gasteiger partial charge in [0.1, 0.15) is 10.6 Å². The van der Waals surface area contributed by atoms with Crippen LogP contribution in [0, 0.1) is 13.8 Å². The molecule has 4 N–H and O–H groups in total. The van der Waals surface area contributed by atoms with Gasteiger partial charge in [0.15, 0.2) is 5.76 Å². The number of alkyl halides is 2. The topological polar surface area (TPSA) is 127 Å². The number of nitrogens with zero attached hydrogens (tertiary/aromatic N) is 1. The Hall–Kier alpha value is -1.30. The van der Waals surface area contributed by atoms with Gasteiger partial charge in [0.25, 0.3) is 5.92 Å². The summed E-state index contributed by atoms with van der Waals surface area (Å²) in [5.41, 5.74) is 4.97. The molecule has 23 heavy (non-hydrogen) atoms. The number of carbonyl (C=O) groups excluding carboxylic acids is 1. The number of hydrogen-bond acceptors (Lipinski definition) is 6. The van der Waals surface area contributed by atoms with Gasteiger partial charge in [0, 0.05) is 0 Å². The van der Waals surface area contributed by atoms with Crippen molar-refractivity contribution in [1.29, 1.82) is 0 Å². The van der Waals surface area contributed by atoms with Gasteiger partial charge in [-0.15, -0.1) is 12.4 Å². The highest BCUT2D eigenvalue weighted by molar-refractivity contribution is 7.89. The molecule has 0 radical (unpaired) electrons. The van der Waals surface area contributed by atoms with Gasteiger partial charge in [-0.1, -0.05) is 5.16 Å². The summed E-state index contributed by atoms with van der Waals surface area (Å²) < 4.78 is 57.0. The van der Waals surface area contributed by atoms with Crippen LogP contribution in [0.5, 0.6) is 0 Å². The fourth-order valence-corrected chi connectivity index (χ4v) is 3.18. The van der Waals surface area contributed by atoms with E-state index in [9.17, 15) is 22.0 Å². The first kappa shape index (κ1) is 21.7. The molecular weight excluding hydrogens is 358 g/mol. The van der Waals surface area contributed by atoms with Gasteiger partial charge in [-0.3, -0.25) is 4.79 Å². The fourth-order valence-electron chi connectivity index (χ4n) is 1.65. The zero-order valence-corrected chi connectivity index (χ0v) is 14.4. The van der Waals surface area contributed by atoms with Crippen molar-refractivity contribution in [3.05, 3.63) is 11.5 Å². The molecule has 0 saturated heterocycles. The minimum absolute atomic E-state index is 0. The Morgan fingerprint density at radius 1 is 1.43 bits per heavy atom. The quantitative estimate of drug-likeness (QED) is 0.619. The Morgan fingerprint density at radius 3 is 2.43 bits per heavy atom. The van der Waals surface area contributed by atoms with Crippen molar-refractivity contribution < 1.29 is 26.5 Å². The van der Waals surface area contributed by atoms with E-state index < -0.39 is 41.0 Å². The zero-order valence-electron chi connectivity index (χ0n) is 12.7. The summed E-state index contributed by atoms with van der Waals surface area (Å²) in [4.78, 5) is 11.5. The second-order valence-corrected chi connectivity index (χ2v) is 6.42. The second kappa shape index (κ2) is 7.99. The SMILES string of the molecule is Cc1noc(C)c1S(=O)(=O)NC(C)C(=O)NCC(F)(F)CN.Cl. The maximum absolute atomic E-state index is 12.9. The van der Waals surface area contributed by atoms with Crippen LogP contribution in [-0.2, 0) is 14.8 Å². The van der Waals surface area contributed by atoms with Crippen LogP contribution in [0.2, 0.25) is 0 Å². The van der Waals surface area contributed by atoms with Gasteiger partial charge < -0.3 is 15.6 Å². The van der Waals surface area contributed by atoms with Gasteiger partial charge >= 0.3 is 0 Å². The Bertz CT molecular complexity index is 631. The van der Waals surface area contributed by atoms with Gasteiger partial charge in [-0.2, -0.15) is 4.72 Å². The van der Waals surface area contributed by atoms with Crippen LogP contribution < -0.4 is 15.8 Å². The summed E-state index contributed by atoms with van der Waals surface area (Å²) in [5.74, 6) is -4.09. The van der Waals surface area contributed by atoms with Crippen molar-refractivity contribution in [2.75, 3.05) is 13.1 Å². The van der Waals surface area contributed by atoms with Gasteiger partial charge in [0.05, 0.1) is 19.1 Å². The van der Waals surface area contributed by atoms with Crippen LogP contribution in [0.3, 0.4) is 0 Å². The summed E-state index contributed by atoms with van der Waals surface area (Å²) in [6.45, 7) is 2.16. The molecule has 1 heterocycles. The number of hydrogen-bond donors (Lipinski definition) is 3. The molecule has 0 saturated carbocycles. The third kappa shape index (κ3) is 5.68. The van der Waals surface area contributed by atoms with E-state index in [0.717, 1.165) is 0 Å². The maximum Gasteiger partial charge on any atom is 0.277 e. The highest BCUT2D eigenvalue weighted by atomic mass is 35.5. The summed E-state index contributed by atoms with van der Waals surface area (Å²) in [7, 11) is -4.06. The minimum atomic E-state index is -4.06. The van der Waals surface area contributed by atoms with Crippen LogP contribution in [0.15, 0.2) is 9.42 Å². The Labute approximate surface area is 138 Å². The molecule has 1 unspecified atom stereocenters. The molecule has 1 aromatic heterocycles. The van der Waals surface area contributed by atoms with Crippen LogP contribution in [0.4, 0.5) is 8.78 Å². The standard InChI is InChI=1S/C11H18F2N4O4S.ClH/c1-6-9(8(3)21-16-6)22(19,20)17-7(2)10(18)15-5-11(12,13)4-14;/h7,17H,4-5,14H2,1-3H3,(H,15,18);1H. The highest BCUT2D eigenvalue weighted by Crippen LogP contribution is 2.18. The first-order chi connectivity index (χ1) is 10.00. The van der Waals surface area contributed by atoms with E-state index >= 15 is 0 Å². The van der Waals surface area contributed by atoms with E-state index in [0.29, 0.717) is 0 Å². The number of aryl methyl sites for hydroxylation is 2. The lowest BCUT2D eigenvalue weighted by Crippen LogP contribution is -2.49. The Kier molecular flexibility index (Phi) is 7.54. The van der Waals surface area contributed by atoms with E-state index in [1.807, 2.05) is 5.32 Å². The van der Waals surface area contributed by atoms with Crippen molar-refractivity contribution in [3.8, 4) is 0 Å². The molecule has 8 nitrogen and oxygen atoms in total. The number of nitrogens with one attached hydrogen (secondary N) is 2. The molecule has 134 valence electrons. The first-order valence-corrected chi connectivity index (χ1v) is 7.79. The van der Waals surface area contributed by atoms with E-state index in [1.54, 1.807) is 0 Å². The van der Waals surface area contributed by atoms with Crippen LogP contribution in [0.25, 0.3) is 0 Å². The molecular formula is C11H19ClF2N4O4S. The normalized spacial score (nSPS) is 13.3. The molecule has 0 aliphatic heterocycles. The molecule has 0 aliphatic carbocycles. The van der Waals surface area contributed by atoms with Crippen LogP contribution in [0.1, 0.15) is 18.4 Å². The monoisotopic (exact) mass is 376 g/mol. The zero-order chi connectivity index (χ0) is 17.1. The summed E-state index contributed by atoms with van der Waals surface area (Å²) in [5, 5.41) is 5.44. The summed E-state index contributed by atoms with van der Waals surface area (Å²) in [6, 6.07) is -1.26. The van der Waals surface area contributed by atoms with Crippen LogP contribution in [-0.4, -0.2) is 44.5 Å². The molecule has 1 amide bonds. The number of aromatic nitrogens is 1. The van der Waals surface area contributed by atoms with Crippen molar-refractivity contribution >= 4 is 28.3 Å². The van der Waals surface area contributed by atoms with E-state index in [2.05, 4.69) is 9.88 Å². The molecule has 12 heteroatoms. The lowest BCUT2D eigenvalue weighted by Gasteiger charge is -2.18. The number of carbonyl (C=O) groups is 1. The number of halogens is 3. The molecule has 0 aromatic carbocycles. The molecule has 0 aliphatic rings. The lowest BCUT2D eigenvalue weighted by atomic mass is 10.3. The third-order valence-corrected chi connectivity index (χ3v) is 4.57. The maximum atomic E-state index is 12.9. The van der Waals surface area contributed by atoms with Crippen molar-refractivity contribution in [2.45, 2.75) is 37.6 Å². The predicted molar refractivity (Wildman–Crippen MR) is 80.0 cm³/mol. The number of amides is 1. The average molecular weight is 377 g/mol. The van der Waals surface area contributed by atoms with Gasteiger partial charge in [-0.25, -0.2) is 17.2 Å². The highest BCUT2D eigenvalue weighted by Gasteiger charge is 2.31. The Morgan fingerprint density at radius 2 is 2.00 bits per heavy atom.